The predicted molar refractivity (Wildman–Crippen MR) is 155 cm³/mol. The summed E-state index contributed by atoms with van der Waals surface area (Å²) >= 11 is 0. The van der Waals surface area contributed by atoms with Gasteiger partial charge in [-0.15, -0.1) is 0 Å². The number of aliphatic hydroxyl groups is 7. The van der Waals surface area contributed by atoms with Gasteiger partial charge in [-0.2, -0.15) is 0 Å². The van der Waals surface area contributed by atoms with E-state index in [2.05, 4.69) is 15.3 Å². The lowest BCUT2D eigenvalue weighted by Gasteiger charge is -2.49. The van der Waals surface area contributed by atoms with Crippen LogP contribution in [0.4, 0.5) is 0 Å². The molecule has 4 rings (SSSR count). The van der Waals surface area contributed by atoms with Crippen LogP contribution in [0.15, 0.2) is 9.98 Å². The van der Waals surface area contributed by atoms with Crippen molar-refractivity contribution in [3.8, 4) is 0 Å². The number of guanidine groups is 2. The van der Waals surface area contributed by atoms with Crippen LogP contribution in [-0.2, 0) is 23.7 Å². The number of aliphatic hydroxyl groups excluding tert-OH is 6. The smallest absolute Gasteiger partial charge is 0.254 e. The van der Waals surface area contributed by atoms with E-state index in [0.717, 1.165) is 0 Å². The van der Waals surface area contributed by atoms with E-state index in [1.165, 1.54) is 0 Å². The molecule has 0 aromatic carbocycles. The third kappa shape index (κ3) is 7.29. The Labute approximate surface area is 262 Å². The first kappa shape index (κ1) is 36.3. The molecular formula is C24H46N10O12. The monoisotopic (exact) mass is 666 g/mol. The van der Waals surface area contributed by atoms with Crippen molar-refractivity contribution in [2.24, 2.45) is 50.1 Å². The van der Waals surface area contributed by atoms with Gasteiger partial charge in [0.25, 0.3) is 5.91 Å². The highest BCUT2D eigenvalue weighted by Crippen LogP contribution is 2.40. The number of carbonyl (C=O) groups excluding carboxylic acids is 1. The Morgan fingerprint density at radius 1 is 0.848 bits per heavy atom. The third-order valence-electron chi connectivity index (χ3n) is 8.65. The number of rotatable bonds is 10. The van der Waals surface area contributed by atoms with Crippen LogP contribution in [0.1, 0.15) is 12.8 Å². The van der Waals surface area contributed by atoms with Gasteiger partial charge < -0.3 is 100 Å². The van der Waals surface area contributed by atoms with E-state index < -0.39 is 122 Å². The number of nitrogens with zero attached hydrogens (tertiary/aromatic N) is 2. The standard InChI is InChI=1S/C24H46N10O12/c25-3-7-13(37)15(39)11(34-23(30)31)19(43-7)45-17-5(26)1-6(32-21(41)24(42)2-9(24)33-22(28)29)18(16(17)40)46-20-14(38)10(27)12(36)8(4-35)44-20/h5-20,35-40,42H,1-4,25-27H2,(H,32,41)(H4,28,29,33)(H4,30,31,34). The molecule has 2 heterocycles. The molecule has 264 valence electrons. The fourth-order valence-corrected chi connectivity index (χ4v) is 5.91. The minimum absolute atomic E-state index is 0.105. The number of ether oxygens (including phenoxy) is 4. The minimum Gasteiger partial charge on any atom is -0.394 e. The SMILES string of the molecule is NCC1OC(OC2C(N)CC(NC(=O)C3(O)CC3N=C(N)N)C(OC3OC(CO)C(O)C(N)C3O)C2O)C(N=C(N)N)C(O)C1O. The second-order valence-electron chi connectivity index (χ2n) is 12.0. The Kier molecular flexibility index (Phi) is 11.3. The minimum atomic E-state index is -1.98. The molecule has 0 aromatic heterocycles. The molecule has 22 heteroatoms. The third-order valence-corrected chi connectivity index (χ3v) is 8.65. The molecule has 1 amide bonds. The van der Waals surface area contributed by atoms with E-state index in [1.807, 2.05) is 0 Å². The Balaban J connectivity index is 1.62. The molecule has 4 aliphatic rings. The molecule has 2 saturated heterocycles. The van der Waals surface area contributed by atoms with E-state index in [0.29, 0.717) is 0 Å². The number of hydrogen-bond acceptors (Lipinski definition) is 17. The van der Waals surface area contributed by atoms with Crippen molar-refractivity contribution in [1.82, 2.24) is 5.32 Å². The fourth-order valence-electron chi connectivity index (χ4n) is 5.91. The maximum atomic E-state index is 13.2. The van der Waals surface area contributed by atoms with Crippen LogP contribution in [0.2, 0.25) is 0 Å². The van der Waals surface area contributed by atoms with Gasteiger partial charge in [-0.25, -0.2) is 9.98 Å². The average molecular weight is 667 g/mol. The van der Waals surface area contributed by atoms with Crippen molar-refractivity contribution in [3.05, 3.63) is 0 Å². The summed E-state index contributed by atoms with van der Waals surface area (Å²) < 4.78 is 23.2. The molecule has 22 N–H and O–H groups in total. The highest BCUT2D eigenvalue weighted by molar-refractivity contribution is 5.90. The zero-order valence-electron chi connectivity index (χ0n) is 24.7. The fraction of sp³-hybridized carbons (Fsp3) is 0.875. The molecule has 46 heavy (non-hydrogen) atoms. The Bertz CT molecular complexity index is 1130. The molecule has 0 spiro atoms. The van der Waals surface area contributed by atoms with Crippen LogP contribution in [-0.4, -0.2) is 170 Å². The highest BCUT2D eigenvalue weighted by atomic mass is 16.7. The Morgan fingerprint density at radius 2 is 1.46 bits per heavy atom. The summed E-state index contributed by atoms with van der Waals surface area (Å²) in [4.78, 5) is 20.9. The molecule has 0 radical (unpaired) electrons. The van der Waals surface area contributed by atoms with E-state index in [-0.39, 0.29) is 25.3 Å². The van der Waals surface area contributed by atoms with E-state index >= 15 is 0 Å². The molecule has 2 aliphatic carbocycles. The summed E-state index contributed by atoms with van der Waals surface area (Å²) in [5.74, 6) is -1.74. The second-order valence-corrected chi connectivity index (χ2v) is 12.0. The maximum Gasteiger partial charge on any atom is 0.254 e. The first-order valence-corrected chi connectivity index (χ1v) is 14.6. The summed E-state index contributed by atoms with van der Waals surface area (Å²) in [7, 11) is 0. The lowest BCUT2D eigenvalue weighted by molar-refractivity contribution is -0.319. The van der Waals surface area contributed by atoms with Crippen LogP contribution >= 0.6 is 0 Å². The molecule has 2 saturated carbocycles. The highest BCUT2D eigenvalue weighted by Gasteiger charge is 2.61. The Hall–Kier alpha value is -2.55. The molecule has 0 bridgehead atoms. The first-order chi connectivity index (χ1) is 21.5. The van der Waals surface area contributed by atoms with Gasteiger partial charge in [0.2, 0.25) is 0 Å². The zero-order chi connectivity index (χ0) is 34.2. The topological polar surface area (TPSA) is 414 Å². The van der Waals surface area contributed by atoms with E-state index in [1.54, 1.807) is 0 Å². The van der Waals surface area contributed by atoms with Crippen molar-refractivity contribution in [2.45, 2.75) is 116 Å². The summed E-state index contributed by atoms with van der Waals surface area (Å²) in [5.41, 5.74) is 37.8. The lowest BCUT2D eigenvalue weighted by Crippen LogP contribution is -2.69. The van der Waals surface area contributed by atoms with Gasteiger partial charge >= 0.3 is 0 Å². The van der Waals surface area contributed by atoms with Crippen LogP contribution in [0, 0.1) is 0 Å². The quantitative estimate of drug-likeness (QED) is 0.0759. The normalized spacial score (nSPS) is 47.4. The average Bonchev–Trinajstić information content (AvgIpc) is 3.65. The molecule has 4 fully saturated rings. The summed E-state index contributed by atoms with van der Waals surface area (Å²) in [5, 5.41) is 76.7. The van der Waals surface area contributed by atoms with Crippen molar-refractivity contribution in [3.63, 3.8) is 0 Å². The molecule has 22 nitrogen and oxygen atoms in total. The van der Waals surface area contributed by atoms with Crippen LogP contribution in [0.25, 0.3) is 0 Å². The van der Waals surface area contributed by atoms with Gasteiger partial charge in [-0.05, 0) is 6.42 Å². The number of nitrogens with one attached hydrogen (secondary N) is 1. The molecule has 17 unspecified atom stereocenters. The Morgan fingerprint density at radius 3 is 2.04 bits per heavy atom. The van der Waals surface area contributed by atoms with Gasteiger partial charge in [0.05, 0.1) is 24.7 Å². The molecule has 17 atom stereocenters. The summed E-state index contributed by atoms with van der Waals surface area (Å²) in [6, 6.07) is -5.96. The van der Waals surface area contributed by atoms with Crippen LogP contribution < -0.4 is 45.5 Å². The number of aliphatic imine (C=N–C) groups is 2. The first-order valence-electron chi connectivity index (χ1n) is 14.6. The maximum absolute atomic E-state index is 13.2. The van der Waals surface area contributed by atoms with Crippen LogP contribution in [0.3, 0.4) is 0 Å². The molecule has 0 aromatic rings. The number of carbonyl (C=O) groups is 1. The van der Waals surface area contributed by atoms with Crippen molar-refractivity contribution in [2.75, 3.05) is 13.2 Å². The largest absolute Gasteiger partial charge is 0.394 e. The van der Waals surface area contributed by atoms with E-state index in [9.17, 15) is 40.5 Å². The molecular weight excluding hydrogens is 620 g/mol. The summed E-state index contributed by atoms with van der Waals surface area (Å²) in [6.45, 7) is -0.948. The summed E-state index contributed by atoms with van der Waals surface area (Å²) in [6.07, 6.45) is -16.8. The van der Waals surface area contributed by atoms with E-state index in [4.69, 9.17) is 59.1 Å². The van der Waals surface area contributed by atoms with Gasteiger partial charge in [-0.1, -0.05) is 0 Å². The van der Waals surface area contributed by atoms with Gasteiger partial charge in [-0.3, -0.25) is 4.79 Å². The number of amides is 1. The van der Waals surface area contributed by atoms with Gasteiger partial charge in [0.15, 0.2) is 30.1 Å². The zero-order valence-corrected chi connectivity index (χ0v) is 24.7. The van der Waals surface area contributed by atoms with Gasteiger partial charge in [0.1, 0.15) is 61.0 Å². The lowest BCUT2D eigenvalue weighted by atomic mass is 9.83. The predicted octanol–water partition coefficient (Wildman–Crippen LogP) is -10.1. The van der Waals surface area contributed by atoms with Crippen molar-refractivity contribution >= 4 is 17.8 Å². The number of nitrogens with two attached hydrogens (primary N) is 7. The molecule has 2 aliphatic heterocycles. The van der Waals surface area contributed by atoms with Crippen LogP contribution in [0.5, 0.6) is 0 Å². The van der Waals surface area contributed by atoms with Gasteiger partial charge in [0, 0.05) is 19.0 Å². The number of hydrogen-bond donors (Lipinski definition) is 15. The van der Waals surface area contributed by atoms with Crippen molar-refractivity contribution < 1.29 is 59.5 Å². The second kappa shape index (κ2) is 14.3. The van der Waals surface area contributed by atoms with Crippen molar-refractivity contribution in [1.29, 1.82) is 0 Å².